The summed E-state index contributed by atoms with van der Waals surface area (Å²) in [6.45, 7) is 11.1. The number of rotatable bonds is 19. The predicted molar refractivity (Wildman–Crippen MR) is 198 cm³/mol. The molecule has 0 heterocycles. The lowest BCUT2D eigenvalue weighted by atomic mass is 9.88. The van der Waals surface area contributed by atoms with Gasteiger partial charge in [0.1, 0.15) is 17.2 Å². The van der Waals surface area contributed by atoms with Crippen LogP contribution >= 0.6 is 0 Å². The van der Waals surface area contributed by atoms with E-state index in [-0.39, 0.29) is 0 Å². The van der Waals surface area contributed by atoms with Gasteiger partial charge < -0.3 is 14.2 Å². The standard InChI is InChI=1S/C43H54O3/c1-5-8-11-18-27-44-40-31-39(43(46-29-20-13-10-7-3)36-23-16-14-21-33(36)40)41-34-22-15-17-24-37(34)42(45-28-19-12-9-6-2)38-30-32(4)25-26-35(38)41/h14-17,21-26,30-31H,5-13,18-20,27-29H2,1-4H3. The van der Waals surface area contributed by atoms with Gasteiger partial charge in [-0.25, -0.2) is 0 Å². The third kappa shape index (κ3) is 7.97. The van der Waals surface area contributed by atoms with Gasteiger partial charge in [0.05, 0.1) is 19.8 Å². The van der Waals surface area contributed by atoms with Crippen LogP contribution in [0, 0.1) is 6.92 Å². The molecule has 0 atom stereocenters. The van der Waals surface area contributed by atoms with Crippen molar-refractivity contribution >= 4 is 32.3 Å². The van der Waals surface area contributed by atoms with Crippen LogP contribution in [-0.4, -0.2) is 19.8 Å². The fourth-order valence-corrected chi connectivity index (χ4v) is 6.59. The summed E-state index contributed by atoms with van der Waals surface area (Å²) < 4.78 is 20.1. The van der Waals surface area contributed by atoms with Crippen molar-refractivity contribution in [2.45, 2.75) is 105 Å². The Kier molecular flexibility index (Phi) is 12.6. The molecule has 3 nitrogen and oxygen atoms in total. The number of unbranched alkanes of at least 4 members (excludes halogenated alkanes) is 9. The maximum absolute atomic E-state index is 6.83. The summed E-state index contributed by atoms with van der Waals surface area (Å²) in [5.41, 5.74) is 3.51. The molecule has 0 aromatic heterocycles. The van der Waals surface area contributed by atoms with Gasteiger partial charge in [-0.15, -0.1) is 0 Å². The van der Waals surface area contributed by atoms with E-state index in [4.69, 9.17) is 14.2 Å². The number of fused-ring (bicyclic) bond motifs is 3. The monoisotopic (exact) mass is 618 g/mol. The minimum atomic E-state index is 0.697. The number of hydrogen-bond donors (Lipinski definition) is 0. The van der Waals surface area contributed by atoms with Crippen LogP contribution in [0.5, 0.6) is 17.2 Å². The van der Waals surface area contributed by atoms with Crippen LogP contribution < -0.4 is 14.2 Å². The number of ether oxygens (including phenoxy) is 3. The Bertz CT molecular complexity index is 1700. The molecule has 244 valence electrons. The van der Waals surface area contributed by atoms with Crippen molar-refractivity contribution in [2.24, 2.45) is 0 Å². The molecule has 0 unspecified atom stereocenters. The highest BCUT2D eigenvalue weighted by Crippen LogP contribution is 2.49. The van der Waals surface area contributed by atoms with Crippen molar-refractivity contribution in [1.29, 1.82) is 0 Å². The van der Waals surface area contributed by atoms with E-state index >= 15 is 0 Å². The van der Waals surface area contributed by atoms with E-state index in [1.54, 1.807) is 0 Å². The first-order valence-electron chi connectivity index (χ1n) is 18.1. The average Bonchev–Trinajstić information content (AvgIpc) is 3.08. The smallest absolute Gasteiger partial charge is 0.135 e. The molecule has 0 amide bonds. The van der Waals surface area contributed by atoms with E-state index in [1.807, 2.05) is 0 Å². The van der Waals surface area contributed by atoms with Gasteiger partial charge in [0.25, 0.3) is 0 Å². The molecule has 0 saturated heterocycles. The summed E-state index contributed by atoms with van der Waals surface area (Å²) in [6, 6.07) is 26.4. The molecule has 0 fully saturated rings. The largest absolute Gasteiger partial charge is 0.493 e. The van der Waals surface area contributed by atoms with E-state index in [9.17, 15) is 0 Å². The minimum Gasteiger partial charge on any atom is -0.493 e. The van der Waals surface area contributed by atoms with Crippen LogP contribution in [-0.2, 0) is 0 Å². The van der Waals surface area contributed by atoms with Gasteiger partial charge in [0.15, 0.2) is 0 Å². The quantitative estimate of drug-likeness (QED) is 0.0680. The lowest BCUT2D eigenvalue weighted by Gasteiger charge is -2.22. The fourth-order valence-electron chi connectivity index (χ4n) is 6.59. The summed E-state index contributed by atoms with van der Waals surface area (Å²) in [6.07, 6.45) is 14.1. The number of aryl methyl sites for hydroxylation is 1. The molecule has 0 radical (unpaired) electrons. The van der Waals surface area contributed by atoms with Crippen LogP contribution in [0.2, 0.25) is 0 Å². The Morgan fingerprint density at radius 2 is 0.935 bits per heavy atom. The van der Waals surface area contributed by atoms with Gasteiger partial charge in [0, 0.05) is 32.7 Å². The Hall–Kier alpha value is -3.72. The van der Waals surface area contributed by atoms with Crippen LogP contribution in [0.25, 0.3) is 43.4 Å². The average molecular weight is 619 g/mol. The summed E-state index contributed by atoms with van der Waals surface area (Å²) in [7, 11) is 0. The van der Waals surface area contributed by atoms with E-state index in [0.717, 1.165) is 70.2 Å². The van der Waals surface area contributed by atoms with Crippen LogP contribution in [0.15, 0.2) is 72.8 Å². The summed E-state index contributed by atoms with van der Waals surface area (Å²) in [5, 5.41) is 6.90. The molecule has 5 aromatic carbocycles. The Labute approximate surface area is 277 Å². The first-order chi connectivity index (χ1) is 22.7. The molecular formula is C43H54O3. The molecule has 3 heteroatoms. The van der Waals surface area contributed by atoms with E-state index < -0.39 is 0 Å². The van der Waals surface area contributed by atoms with Crippen molar-refractivity contribution < 1.29 is 14.2 Å². The zero-order chi connectivity index (χ0) is 32.1. The molecule has 0 bridgehead atoms. The van der Waals surface area contributed by atoms with Crippen LogP contribution in [0.4, 0.5) is 0 Å². The number of hydrogen-bond acceptors (Lipinski definition) is 3. The molecule has 0 N–H and O–H groups in total. The Balaban J connectivity index is 1.71. The molecule has 0 spiro atoms. The number of benzene rings is 5. The van der Waals surface area contributed by atoms with E-state index in [0.29, 0.717) is 13.2 Å². The van der Waals surface area contributed by atoms with E-state index in [2.05, 4.69) is 100 Å². The van der Waals surface area contributed by atoms with Crippen molar-refractivity contribution in [3.8, 4) is 28.4 Å². The molecule has 5 aromatic rings. The summed E-state index contributed by atoms with van der Waals surface area (Å²) >= 11 is 0. The van der Waals surface area contributed by atoms with Crippen molar-refractivity contribution in [3.63, 3.8) is 0 Å². The second-order valence-electron chi connectivity index (χ2n) is 12.8. The maximum Gasteiger partial charge on any atom is 0.135 e. The SMILES string of the molecule is CCCCCCOc1cc(-c2c3ccccc3c(OCCCCCC)c3cc(C)ccc23)c(OCCCCCC)c2ccccc12. The van der Waals surface area contributed by atoms with Crippen molar-refractivity contribution in [2.75, 3.05) is 19.8 Å². The second kappa shape index (κ2) is 17.3. The molecule has 0 aliphatic rings. The molecule has 0 aliphatic carbocycles. The van der Waals surface area contributed by atoms with Crippen molar-refractivity contribution in [3.05, 3.63) is 78.4 Å². The lowest BCUT2D eigenvalue weighted by Crippen LogP contribution is -2.04. The van der Waals surface area contributed by atoms with Gasteiger partial charge in [-0.1, -0.05) is 145 Å². The zero-order valence-electron chi connectivity index (χ0n) is 28.8. The zero-order valence-corrected chi connectivity index (χ0v) is 28.8. The van der Waals surface area contributed by atoms with Gasteiger partial charge in [0.2, 0.25) is 0 Å². The van der Waals surface area contributed by atoms with Gasteiger partial charge >= 0.3 is 0 Å². The molecule has 5 rings (SSSR count). The van der Waals surface area contributed by atoms with Crippen LogP contribution in [0.3, 0.4) is 0 Å². The molecule has 0 aliphatic heterocycles. The second-order valence-corrected chi connectivity index (χ2v) is 12.8. The summed E-state index contributed by atoms with van der Waals surface area (Å²) in [4.78, 5) is 0. The van der Waals surface area contributed by atoms with Gasteiger partial charge in [-0.05, 0) is 49.1 Å². The first-order valence-corrected chi connectivity index (χ1v) is 18.1. The van der Waals surface area contributed by atoms with Crippen molar-refractivity contribution in [1.82, 2.24) is 0 Å². The normalized spacial score (nSPS) is 11.5. The lowest BCUT2D eigenvalue weighted by molar-refractivity contribution is 0.303. The highest BCUT2D eigenvalue weighted by atomic mass is 16.5. The van der Waals surface area contributed by atoms with E-state index in [1.165, 1.54) is 79.7 Å². The van der Waals surface area contributed by atoms with Gasteiger partial charge in [-0.3, -0.25) is 0 Å². The summed E-state index contributed by atoms with van der Waals surface area (Å²) in [5.74, 6) is 2.87. The van der Waals surface area contributed by atoms with Gasteiger partial charge in [-0.2, -0.15) is 0 Å². The minimum absolute atomic E-state index is 0.697. The molecular weight excluding hydrogens is 564 g/mol. The maximum atomic E-state index is 6.83. The van der Waals surface area contributed by atoms with Crippen LogP contribution in [0.1, 0.15) is 103 Å². The molecule has 46 heavy (non-hydrogen) atoms. The third-order valence-corrected chi connectivity index (χ3v) is 9.10. The first kappa shape index (κ1) is 33.6. The fraction of sp³-hybridized carbons (Fsp3) is 0.442. The topological polar surface area (TPSA) is 27.7 Å². The highest BCUT2D eigenvalue weighted by Gasteiger charge is 2.22. The third-order valence-electron chi connectivity index (χ3n) is 9.10. The predicted octanol–water partition coefficient (Wildman–Crippen LogP) is 13.0. The Morgan fingerprint density at radius 1 is 0.435 bits per heavy atom. The molecule has 0 saturated carbocycles. The highest BCUT2D eigenvalue weighted by molar-refractivity contribution is 6.19. The Morgan fingerprint density at radius 3 is 1.54 bits per heavy atom.